The zero-order valence-corrected chi connectivity index (χ0v) is 10.5. The van der Waals surface area contributed by atoms with Gasteiger partial charge in [-0.2, -0.15) is 0 Å². The first-order chi connectivity index (χ1) is 7.63. The lowest BCUT2D eigenvalue weighted by molar-refractivity contribution is 0.216. The Balaban J connectivity index is 2.71. The Kier molecular flexibility index (Phi) is 4.99. The predicted molar refractivity (Wildman–Crippen MR) is 57.6 cm³/mol. The van der Waals surface area contributed by atoms with Gasteiger partial charge in [-0.1, -0.05) is 0 Å². The number of hydrogen-bond donors (Lipinski definition) is 0. The van der Waals surface area contributed by atoms with E-state index in [9.17, 15) is 4.57 Å². The Morgan fingerprint density at radius 3 is 2.44 bits per heavy atom. The molecule has 0 aliphatic heterocycles. The summed E-state index contributed by atoms with van der Waals surface area (Å²) in [6.45, 7) is 4.16. The van der Waals surface area contributed by atoms with Crippen molar-refractivity contribution in [3.05, 3.63) is 11.8 Å². The second-order valence-electron chi connectivity index (χ2n) is 2.94. The Hall–Kier alpha value is -0.840. The average molecular weight is 249 g/mol. The standard InChI is InChI=1S/C9H16NO5P/c1-4-13-16(11,14-5-2)7-8-6-9(12-3)10-15-8/h6H,4-5,7H2,1-3H3. The van der Waals surface area contributed by atoms with E-state index < -0.39 is 7.60 Å². The van der Waals surface area contributed by atoms with Crippen molar-refractivity contribution in [1.29, 1.82) is 0 Å². The van der Waals surface area contributed by atoms with Crippen molar-refractivity contribution >= 4 is 7.60 Å². The minimum Gasteiger partial charge on any atom is -0.479 e. The van der Waals surface area contributed by atoms with Crippen LogP contribution in [0.5, 0.6) is 5.88 Å². The van der Waals surface area contributed by atoms with Crippen LogP contribution in [0.25, 0.3) is 0 Å². The van der Waals surface area contributed by atoms with E-state index in [1.807, 2.05) is 0 Å². The molecule has 1 heterocycles. The summed E-state index contributed by atoms with van der Waals surface area (Å²) in [5.74, 6) is 0.761. The Bertz CT molecular complexity index is 355. The first-order valence-electron chi connectivity index (χ1n) is 5.01. The molecule has 1 aromatic rings. The molecule has 0 aliphatic rings. The molecular weight excluding hydrogens is 233 g/mol. The van der Waals surface area contributed by atoms with Crippen molar-refractivity contribution in [3.63, 3.8) is 0 Å². The molecule has 0 aromatic carbocycles. The lowest BCUT2D eigenvalue weighted by Crippen LogP contribution is -1.98. The van der Waals surface area contributed by atoms with E-state index in [4.69, 9.17) is 18.3 Å². The molecule has 16 heavy (non-hydrogen) atoms. The summed E-state index contributed by atoms with van der Waals surface area (Å²) in [7, 11) is -1.65. The summed E-state index contributed by atoms with van der Waals surface area (Å²) in [5.41, 5.74) is 0. The number of aromatic nitrogens is 1. The average Bonchev–Trinajstić information content (AvgIpc) is 2.65. The summed E-state index contributed by atoms with van der Waals surface area (Å²) < 4.78 is 32.1. The minimum absolute atomic E-state index is 0.0606. The minimum atomic E-state index is -3.13. The molecule has 92 valence electrons. The van der Waals surface area contributed by atoms with Gasteiger partial charge in [0.15, 0.2) is 5.76 Å². The number of nitrogens with zero attached hydrogens (tertiary/aromatic N) is 1. The molecular formula is C9H16NO5P. The van der Waals surface area contributed by atoms with Gasteiger partial charge >= 0.3 is 7.60 Å². The lowest BCUT2D eigenvalue weighted by atomic mass is 10.5. The first kappa shape index (κ1) is 13.2. The highest BCUT2D eigenvalue weighted by Crippen LogP contribution is 2.51. The zero-order chi connectivity index (χ0) is 12.0. The zero-order valence-electron chi connectivity index (χ0n) is 9.63. The van der Waals surface area contributed by atoms with Gasteiger partial charge in [-0.05, 0) is 19.0 Å². The molecule has 1 aromatic heterocycles. The van der Waals surface area contributed by atoms with Gasteiger partial charge in [0.25, 0.3) is 5.88 Å². The third kappa shape index (κ3) is 3.63. The third-order valence-electron chi connectivity index (χ3n) is 1.75. The Morgan fingerprint density at radius 1 is 1.38 bits per heavy atom. The number of methoxy groups -OCH3 is 1. The van der Waals surface area contributed by atoms with Crippen LogP contribution in [0.2, 0.25) is 0 Å². The maximum Gasteiger partial charge on any atom is 0.338 e. The van der Waals surface area contributed by atoms with Crippen LogP contribution < -0.4 is 4.74 Å². The fraction of sp³-hybridized carbons (Fsp3) is 0.667. The van der Waals surface area contributed by atoms with Crippen LogP contribution in [-0.2, 0) is 19.8 Å². The van der Waals surface area contributed by atoms with Crippen LogP contribution in [0.4, 0.5) is 0 Å². The van der Waals surface area contributed by atoms with Gasteiger partial charge in [-0.15, -0.1) is 0 Å². The fourth-order valence-corrected chi connectivity index (χ4v) is 2.75. The summed E-state index contributed by atoms with van der Waals surface area (Å²) >= 11 is 0. The largest absolute Gasteiger partial charge is 0.479 e. The molecule has 0 saturated carbocycles. The predicted octanol–water partition coefficient (Wildman–Crippen LogP) is 2.45. The van der Waals surface area contributed by atoms with Crippen LogP contribution in [0.15, 0.2) is 10.6 Å². The van der Waals surface area contributed by atoms with E-state index in [2.05, 4.69) is 5.16 Å². The van der Waals surface area contributed by atoms with Crippen molar-refractivity contribution in [2.24, 2.45) is 0 Å². The summed E-state index contributed by atoms with van der Waals surface area (Å²) in [4.78, 5) is 0. The molecule has 7 heteroatoms. The smallest absolute Gasteiger partial charge is 0.338 e. The Labute approximate surface area is 94.4 Å². The molecule has 0 atom stereocenters. The quantitative estimate of drug-likeness (QED) is 0.691. The van der Waals surface area contributed by atoms with Crippen molar-refractivity contribution < 1.29 is 22.9 Å². The molecule has 0 spiro atoms. The van der Waals surface area contributed by atoms with Gasteiger partial charge in [0.2, 0.25) is 0 Å². The lowest BCUT2D eigenvalue weighted by Gasteiger charge is -2.14. The highest BCUT2D eigenvalue weighted by Gasteiger charge is 2.26. The number of hydrogen-bond acceptors (Lipinski definition) is 6. The van der Waals surface area contributed by atoms with Crippen molar-refractivity contribution in [1.82, 2.24) is 5.16 Å². The second kappa shape index (κ2) is 6.03. The molecule has 0 fully saturated rings. The van der Waals surface area contributed by atoms with E-state index in [0.29, 0.717) is 24.9 Å². The summed E-state index contributed by atoms with van der Waals surface area (Å²) in [5, 5.41) is 3.61. The molecule has 0 amide bonds. The Morgan fingerprint density at radius 2 is 2.00 bits per heavy atom. The fourth-order valence-electron chi connectivity index (χ4n) is 1.18. The van der Waals surface area contributed by atoms with Crippen LogP contribution >= 0.6 is 7.60 Å². The maximum atomic E-state index is 12.1. The van der Waals surface area contributed by atoms with Crippen molar-refractivity contribution in [3.8, 4) is 5.88 Å². The molecule has 0 saturated heterocycles. The van der Waals surface area contributed by atoms with Crippen LogP contribution in [0.3, 0.4) is 0 Å². The highest BCUT2D eigenvalue weighted by atomic mass is 31.2. The molecule has 0 aliphatic carbocycles. The van der Waals surface area contributed by atoms with E-state index in [0.717, 1.165) is 0 Å². The third-order valence-corrected chi connectivity index (χ3v) is 3.75. The molecule has 0 unspecified atom stereocenters. The second-order valence-corrected chi connectivity index (χ2v) is 4.99. The molecule has 0 radical (unpaired) electrons. The number of rotatable bonds is 7. The molecule has 0 N–H and O–H groups in total. The highest BCUT2D eigenvalue weighted by molar-refractivity contribution is 7.53. The normalized spacial score (nSPS) is 11.7. The topological polar surface area (TPSA) is 70.8 Å². The van der Waals surface area contributed by atoms with E-state index >= 15 is 0 Å². The van der Waals surface area contributed by atoms with Crippen molar-refractivity contribution in [2.75, 3.05) is 20.3 Å². The van der Waals surface area contributed by atoms with Crippen LogP contribution in [0.1, 0.15) is 19.6 Å². The molecule has 0 bridgehead atoms. The van der Waals surface area contributed by atoms with Crippen molar-refractivity contribution in [2.45, 2.75) is 20.0 Å². The van der Waals surface area contributed by atoms with Gasteiger partial charge in [-0.3, -0.25) is 4.57 Å². The summed E-state index contributed by atoms with van der Waals surface area (Å²) in [6, 6.07) is 1.56. The van der Waals surface area contributed by atoms with Gasteiger partial charge in [0.1, 0.15) is 6.16 Å². The van der Waals surface area contributed by atoms with E-state index in [1.54, 1.807) is 19.9 Å². The number of ether oxygens (including phenoxy) is 1. The van der Waals surface area contributed by atoms with Gasteiger partial charge < -0.3 is 18.3 Å². The summed E-state index contributed by atoms with van der Waals surface area (Å²) in [6.07, 6.45) is 0.0606. The van der Waals surface area contributed by atoms with Crippen LogP contribution in [0, 0.1) is 0 Å². The first-order valence-corrected chi connectivity index (χ1v) is 6.74. The van der Waals surface area contributed by atoms with E-state index in [-0.39, 0.29) is 6.16 Å². The van der Waals surface area contributed by atoms with Gasteiger partial charge in [0.05, 0.1) is 20.3 Å². The van der Waals surface area contributed by atoms with Gasteiger partial charge in [-0.25, -0.2) is 0 Å². The maximum absolute atomic E-state index is 12.1. The molecule has 6 nitrogen and oxygen atoms in total. The monoisotopic (exact) mass is 249 g/mol. The van der Waals surface area contributed by atoms with Crippen LogP contribution in [-0.4, -0.2) is 25.5 Å². The van der Waals surface area contributed by atoms with Gasteiger partial charge in [0, 0.05) is 6.07 Å². The molecule has 1 rings (SSSR count). The SMILES string of the molecule is CCOP(=O)(Cc1cc(OC)no1)OCC. The van der Waals surface area contributed by atoms with E-state index in [1.165, 1.54) is 7.11 Å².